The number of aromatic nitrogens is 3. The van der Waals surface area contributed by atoms with E-state index >= 15 is 0 Å². The molecule has 0 radical (unpaired) electrons. The van der Waals surface area contributed by atoms with Crippen LogP contribution in [0.3, 0.4) is 0 Å². The molecular formula is C20H22F2N4O. The van der Waals surface area contributed by atoms with Gasteiger partial charge in [0.2, 0.25) is 5.89 Å². The molecule has 1 saturated heterocycles. The number of aryl methyl sites for hydroxylation is 2. The highest BCUT2D eigenvalue weighted by Crippen LogP contribution is 2.32. The molecule has 1 aliphatic heterocycles. The predicted molar refractivity (Wildman–Crippen MR) is 96.8 cm³/mol. The van der Waals surface area contributed by atoms with Crippen LogP contribution in [-0.2, 0) is 13.6 Å². The zero-order valence-electron chi connectivity index (χ0n) is 15.5. The van der Waals surface area contributed by atoms with E-state index in [1.165, 1.54) is 18.6 Å². The Hall–Kier alpha value is -2.54. The van der Waals surface area contributed by atoms with Crippen molar-refractivity contribution in [3.05, 3.63) is 59.5 Å². The lowest BCUT2D eigenvalue weighted by Crippen LogP contribution is -2.34. The molecule has 5 nitrogen and oxygen atoms in total. The van der Waals surface area contributed by atoms with Crippen LogP contribution in [-0.4, -0.2) is 26.0 Å². The maximum absolute atomic E-state index is 13.5. The lowest BCUT2D eigenvalue weighted by Gasteiger charge is -2.34. The van der Waals surface area contributed by atoms with Gasteiger partial charge in [-0.3, -0.25) is 4.90 Å². The molecule has 0 bridgehead atoms. The molecule has 0 saturated carbocycles. The molecule has 0 amide bonds. The van der Waals surface area contributed by atoms with E-state index in [1.54, 1.807) is 0 Å². The van der Waals surface area contributed by atoms with Crippen molar-refractivity contribution in [2.24, 2.45) is 7.05 Å². The average molecular weight is 372 g/mol. The standard InChI is InChI=1S/C20H22F2N4O/c1-13-17(24-20(27-13)14-9-15(21)11-16(22)10-14)12-26-7-4-3-5-18(26)19-23-6-8-25(19)2/h6,8-11,18H,3-5,7,12H2,1-2H3/t18-/m1/s1. The molecule has 27 heavy (non-hydrogen) atoms. The lowest BCUT2D eigenvalue weighted by atomic mass is 10.0. The van der Waals surface area contributed by atoms with Gasteiger partial charge in [0, 0.05) is 37.6 Å². The van der Waals surface area contributed by atoms with Crippen molar-refractivity contribution in [1.29, 1.82) is 0 Å². The number of imidazole rings is 1. The summed E-state index contributed by atoms with van der Waals surface area (Å²) in [5.74, 6) is 0.662. The Labute approximate surface area is 156 Å². The van der Waals surface area contributed by atoms with Crippen molar-refractivity contribution in [1.82, 2.24) is 19.4 Å². The van der Waals surface area contributed by atoms with E-state index in [0.29, 0.717) is 17.9 Å². The molecule has 3 heterocycles. The van der Waals surface area contributed by atoms with Gasteiger partial charge in [0.15, 0.2) is 0 Å². The molecule has 3 aromatic rings. The second-order valence-electron chi connectivity index (χ2n) is 7.06. The quantitative estimate of drug-likeness (QED) is 0.682. The maximum atomic E-state index is 13.5. The minimum Gasteiger partial charge on any atom is -0.441 e. The normalized spacial score (nSPS) is 18.1. The molecule has 1 atom stereocenters. The smallest absolute Gasteiger partial charge is 0.226 e. The molecule has 7 heteroatoms. The highest BCUT2D eigenvalue weighted by atomic mass is 19.1. The summed E-state index contributed by atoms with van der Waals surface area (Å²) in [5.41, 5.74) is 1.09. The van der Waals surface area contributed by atoms with Gasteiger partial charge in [-0.25, -0.2) is 18.7 Å². The third kappa shape index (κ3) is 3.64. The number of rotatable bonds is 4. The maximum Gasteiger partial charge on any atom is 0.226 e. The first-order valence-electron chi connectivity index (χ1n) is 9.15. The van der Waals surface area contributed by atoms with E-state index in [9.17, 15) is 8.78 Å². The Bertz CT molecular complexity index is 929. The highest BCUT2D eigenvalue weighted by Gasteiger charge is 2.28. The molecule has 0 N–H and O–H groups in total. The molecule has 1 fully saturated rings. The zero-order valence-corrected chi connectivity index (χ0v) is 15.5. The largest absolute Gasteiger partial charge is 0.441 e. The fraction of sp³-hybridized carbons (Fsp3) is 0.400. The second kappa shape index (κ2) is 7.23. The summed E-state index contributed by atoms with van der Waals surface area (Å²) in [4.78, 5) is 11.4. The van der Waals surface area contributed by atoms with Gasteiger partial charge in [-0.1, -0.05) is 6.42 Å². The van der Waals surface area contributed by atoms with Crippen molar-refractivity contribution < 1.29 is 13.2 Å². The van der Waals surface area contributed by atoms with Crippen LogP contribution in [0.15, 0.2) is 35.0 Å². The number of hydrogen-bond donors (Lipinski definition) is 0. The lowest BCUT2D eigenvalue weighted by molar-refractivity contribution is 0.129. The monoisotopic (exact) mass is 372 g/mol. The van der Waals surface area contributed by atoms with Gasteiger partial charge in [0.1, 0.15) is 23.2 Å². The molecule has 0 aliphatic carbocycles. The van der Waals surface area contributed by atoms with Gasteiger partial charge in [-0.2, -0.15) is 0 Å². The van der Waals surface area contributed by atoms with Crippen LogP contribution in [0.5, 0.6) is 0 Å². The number of likely N-dealkylation sites (tertiary alicyclic amines) is 1. The summed E-state index contributed by atoms with van der Waals surface area (Å²) < 4.78 is 34.8. The Kier molecular flexibility index (Phi) is 4.78. The van der Waals surface area contributed by atoms with Gasteiger partial charge in [-0.05, 0) is 38.4 Å². The number of nitrogens with zero attached hydrogens (tertiary/aromatic N) is 4. The zero-order chi connectivity index (χ0) is 19.0. The summed E-state index contributed by atoms with van der Waals surface area (Å²) in [6, 6.07) is 3.53. The van der Waals surface area contributed by atoms with Crippen LogP contribution < -0.4 is 0 Å². The van der Waals surface area contributed by atoms with Crippen LogP contribution in [0, 0.1) is 18.6 Å². The molecule has 0 unspecified atom stereocenters. The van der Waals surface area contributed by atoms with Crippen molar-refractivity contribution in [2.45, 2.75) is 38.8 Å². The Balaban J connectivity index is 1.60. The number of benzene rings is 1. The molecule has 4 rings (SSSR count). The highest BCUT2D eigenvalue weighted by molar-refractivity contribution is 5.53. The number of halogens is 2. The van der Waals surface area contributed by atoms with Gasteiger partial charge in [0.05, 0.1) is 11.7 Å². The first-order chi connectivity index (χ1) is 13.0. The van der Waals surface area contributed by atoms with Crippen molar-refractivity contribution in [3.63, 3.8) is 0 Å². The Morgan fingerprint density at radius 3 is 2.67 bits per heavy atom. The van der Waals surface area contributed by atoms with Crippen LogP contribution in [0.25, 0.3) is 11.5 Å². The van der Waals surface area contributed by atoms with E-state index in [4.69, 9.17) is 4.42 Å². The van der Waals surface area contributed by atoms with Crippen molar-refractivity contribution in [2.75, 3.05) is 6.54 Å². The summed E-state index contributed by atoms with van der Waals surface area (Å²) in [5, 5.41) is 0. The average Bonchev–Trinajstić information content (AvgIpc) is 3.21. The van der Waals surface area contributed by atoms with Gasteiger partial charge < -0.3 is 8.98 Å². The summed E-state index contributed by atoms with van der Waals surface area (Å²) >= 11 is 0. The minimum atomic E-state index is -0.645. The van der Waals surface area contributed by atoms with Crippen LogP contribution in [0.4, 0.5) is 8.78 Å². The van der Waals surface area contributed by atoms with Crippen LogP contribution in [0.1, 0.15) is 42.6 Å². The third-order valence-corrected chi connectivity index (χ3v) is 5.13. The second-order valence-corrected chi connectivity index (χ2v) is 7.06. The topological polar surface area (TPSA) is 47.1 Å². The number of hydrogen-bond acceptors (Lipinski definition) is 4. The van der Waals surface area contributed by atoms with Crippen molar-refractivity contribution >= 4 is 0 Å². The number of piperidine rings is 1. The molecule has 0 spiro atoms. The number of oxazole rings is 1. The first kappa shape index (κ1) is 17.9. The van der Waals surface area contributed by atoms with E-state index in [0.717, 1.165) is 37.0 Å². The van der Waals surface area contributed by atoms with E-state index in [2.05, 4.69) is 19.4 Å². The Morgan fingerprint density at radius 2 is 1.96 bits per heavy atom. The van der Waals surface area contributed by atoms with Gasteiger partial charge in [-0.15, -0.1) is 0 Å². The summed E-state index contributed by atoms with van der Waals surface area (Å²) in [7, 11) is 2.01. The van der Waals surface area contributed by atoms with Gasteiger partial charge >= 0.3 is 0 Å². The van der Waals surface area contributed by atoms with Crippen LogP contribution in [0.2, 0.25) is 0 Å². The van der Waals surface area contributed by atoms with Crippen molar-refractivity contribution in [3.8, 4) is 11.5 Å². The predicted octanol–water partition coefficient (Wildman–Crippen LogP) is 4.39. The molecule has 2 aromatic heterocycles. The Morgan fingerprint density at radius 1 is 1.19 bits per heavy atom. The van der Waals surface area contributed by atoms with E-state index in [-0.39, 0.29) is 11.9 Å². The summed E-state index contributed by atoms with van der Waals surface area (Å²) in [6.07, 6.45) is 7.11. The molecule has 1 aromatic carbocycles. The minimum absolute atomic E-state index is 0.227. The first-order valence-corrected chi connectivity index (χ1v) is 9.15. The fourth-order valence-corrected chi connectivity index (χ4v) is 3.74. The van der Waals surface area contributed by atoms with Gasteiger partial charge in [0.25, 0.3) is 0 Å². The third-order valence-electron chi connectivity index (χ3n) is 5.13. The SMILES string of the molecule is Cc1oc(-c2cc(F)cc(F)c2)nc1CN1CCCC[C@@H]1c1nccn1C. The molecule has 142 valence electrons. The fourth-order valence-electron chi connectivity index (χ4n) is 3.74. The van der Waals surface area contributed by atoms with E-state index in [1.807, 2.05) is 26.4 Å². The molecular weight excluding hydrogens is 350 g/mol. The van der Waals surface area contributed by atoms with Crippen LogP contribution >= 0.6 is 0 Å². The van der Waals surface area contributed by atoms with E-state index < -0.39 is 11.6 Å². The summed E-state index contributed by atoms with van der Waals surface area (Å²) in [6.45, 7) is 3.40. The molecule has 1 aliphatic rings.